The van der Waals surface area contributed by atoms with Crippen molar-refractivity contribution >= 4 is 11.8 Å². The quantitative estimate of drug-likeness (QED) is 0.137. The van der Waals surface area contributed by atoms with E-state index in [1.807, 2.05) is 26.1 Å². The molecule has 0 atom stereocenters. The predicted molar refractivity (Wildman–Crippen MR) is 165 cm³/mol. The minimum Gasteiger partial charge on any atom is -0.482 e. The van der Waals surface area contributed by atoms with Gasteiger partial charge in [0.2, 0.25) is 0 Å². The summed E-state index contributed by atoms with van der Waals surface area (Å²) in [5.74, 6) is 0.591. The van der Waals surface area contributed by atoms with E-state index in [-0.39, 0.29) is 0 Å². The number of hydrogen-bond acceptors (Lipinski definition) is 5. The highest BCUT2D eigenvalue weighted by molar-refractivity contribution is 6.02. The van der Waals surface area contributed by atoms with Crippen molar-refractivity contribution in [1.82, 2.24) is 15.3 Å². The van der Waals surface area contributed by atoms with Crippen LogP contribution in [0.2, 0.25) is 0 Å². The van der Waals surface area contributed by atoms with Crippen LogP contribution in [0.1, 0.15) is 76.5 Å². The Balaban J connectivity index is 2.59. The van der Waals surface area contributed by atoms with Crippen molar-refractivity contribution < 1.29 is 14.6 Å². The van der Waals surface area contributed by atoms with Crippen LogP contribution < -0.4 is 10.1 Å². The Labute approximate surface area is 239 Å². The topological polar surface area (TPSA) is 96.7 Å². The fraction of sp³-hybridized carbons (Fsp3) is 0.394. The normalized spacial score (nSPS) is 12.9. The largest absolute Gasteiger partial charge is 0.482 e. The summed E-state index contributed by atoms with van der Waals surface area (Å²) in [5.41, 5.74) is 5.58. The van der Waals surface area contributed by atoms with Crippen LogP contribution in [0.4, 0.5) is 0 Å². The van der Waals surface area contributed by atoms with Gasteiger partial charge >= 0.3 is 5.97 Å². The lowest BCUT2D eigenvalue weighted by Gasteiger charge is -2.16. The molecule has 0 aliphatic carbocycles. The van der Waals surface area contributed by atoms with E-state index in [1.54, 1.807) is 18.5 Å². The molecule has 7 nitrogen and oxygen atoms in total. The second-order valence-corrected chi connectivity index (χ2v) is 9.67. The van der Waals surface area contributed by atoms with Gasteiger partial charge in [-0.2, -0.15) is 0 Å². The lowest BCUT2D eigenvalue weighted by molar-refractivity contribution is -0.139. The number of aliphatic carboxylic acids is 1. The Kier molecular flexibility index (Phi) is 14.1. The summed E-state index contributed by atoms with van der Waals surface area (Å²) >= 11 is 0. The van der Waals surface area contributed by atoms with Crippen molar-refractivity contribution in [3.8, 4) is 17.1 Å². The number of benzene rings is 1. The maximum Gasteiger partial charge on any atom is 0.341 e. The number of carboxylic acids is 1. The number of allylic oxidation sites excluding steroid dienone is 5. The summed E-state index contributed by atoms with van der Waals surface area (Å²) in [5, 5.41) is 12.6. The first-order chi connectivity index (χ1) is 19.3. The molecule has 0 aliphatic rings. The number of rotatable bonds is 15. The van der Waals surface area contributed by atoms with Crippen LogP contribution in [-0.2, 0) is 4.79 Å². The van der Waals surface area contributed by atoms with Crippen LogP contribution in [0.25, 0.3) is 11.4 Å². The van der Waals surface area contributed by atoms with Crippen molar-refractivity contribution in [1.29, 1.82) is 0 Å². The average Bonchev–Trinajstić information content (AvgIpc) is 2.94. The fourth-order valence-electron chi connectivity index (χ4n) is 3.79. The van der Waals surface area contributed by atoms with E-state index < -0.39 is 12.6 Å². The molecule has 1 aromatic carbocycles. The molecule has 7 heteroatoms. The van der Waals surface area contributed by atoms with Crippen molar-refractivity contribution in [3.05, 3.63) is 88.9 Å². The Hall–Kier alpha value is -4.00. The maximum absolute atomic E-state index is 11.3. The Morgan fingerprint density at radius 3 is 2.42 bits per heavy atom. The first kappa shape index (κ1) is 32.2. The van der Waals surface area contributed by atoms with Gasteiger partial charge in [-0.25, -0.2) is 14.8 Å². The van der Waals surface area contributed by atoms with Crippen LogP contribution in [-0.4, -0.2) is 40.0 Å². The average molecular weight is 545 g/mol. The number of amidine groups is 1. The molecule has 0 aliphatic heterocycles. The molecule has 0 bridgehead atoms. The van der Waals surface area contributed by atoms with Crippen molar-refractivity contribution in [2.24, 2.45) is 4.99 Å². The Morgan fingerprint density at radius 1 is 1.05 bits per heavy atom. The lowest BCUT2D eigenvalue weighted by atomic mass is 10.0. The number of nitrogens with zero attached hydrogens (tertiary/aromatic N) is 3. The smallest absolute Gasteiger partial charge is 0.341 e. The highest BCUT2D eigenvalue weighted by atomic mass is 16.5. The van der Waals surface area contributed by atoms with Crippen LogP contribution in [0, 0.1) is 13.8 Å². The van der Waals surface area contributed by atoms with Gasteiger partial charge in [-0.15, -0.1) is 0 Å². The van der Waals surface area contributed by atoms with Crippen LogP contribution in [0.3, 0.4) is 0 Å². The molecule has 0 unspecified atom stereocenters. The SMILES string of the molecule is CC/C=C(/C=C\C(C)=C\CCC)CN=C(N/C=C/CCC)c1cc(-c2ncc(C)cn2)cc(OCC(=O)O)c1C. The van der Waals surface area contributed by atoms with E-state index in [9.17, 15) is 9.90 Å². The van der Waals surface area contributed by atoms with Crippen LogP contribution in [0.5, 0.6) is 5.75 Å². The van der Waals surface area contributed by atoms with Gasteiger partial charge in [0.1, 0.15) is 11.6 Å². The van der Waals surface area contributed by atoms with E-state index >= 15 is 0 Å². The van der Waals surface area contributed by atoms with Gasteiger partial charge < -0.3 is 15.2 Å². The molecule has 2 rings (SSSR count). The molecule has 0 saturated heterocycles. The highest BCUT2D eigenvalue weighted by Gasteiger charge is 2.16. The third-order valence-corrected chi connectivity index (χ3v) is 6.00. The monoisotopic (exact) mass is 544 g/mol. The molecule has 0 amide bonds. The van der Waals surface area contributed by atoms with Gasteiger partial charge in [0, 0.05) is 29.1 Å². The molecule has 1 aromatic heterocycles. The zero-order valence-corrected chi connectivity index (χ0v) is 24.8. The summed E-state index contributed by atoms with van der Waals surface area (Å²) < 4.78 is 5.69. The molecular formula is C33H44N4O3. The van der Waals surface area contributed by atoms with Crippen LogP contribution >= 0.6 is 0 Å². The second-order valence-electron chi connectivity index (χ2n) is 9.67. The standard InChI is InChI=1S/C33H44N4O3/c1-7-10-12-17-34-33(37-22-27(13-9-3)16-15-24(4)14-11-8-2)29-18-28(32-35-20-25(5)21-36-32)19-30(26(29)6)40-23-31(38)39/h12-21H,7-11,22-23H2,1-6H3,(H,34,37)(H,38,39)/b16-15-,17-12+,24-14+,27-13-. The van der Waals surface area contributed by atoms with E-state index in [0.29, 0.717) is 29.5 Å². The predicted octanol–water partition coefficient (Wildman–Crippen LogP) is 7.51. The number of aromatic nitrogens is 2. The number of unbranched alkanes of at least 4 members (excludes halogenated alkanes) is 2. The summed E-state index contributed by atoms with van der Waals surface area (Å²) in [6.07, 6.45) is 21.3. The minimum atomic E-state index is -1.04. The zero-order valence-electron chi connectivity index (χ0n) is 24.8. The van der Waals surface area contributed by atoms with Gasteiger partial charge in [-0.3, -0.25) is 4.99 Å². The molecule has 2 N–H and O–H groups in total. The van der Waals surface area contributed by atoms with E-state index in [4.69, 9.17) is 9.73 Å². The summed E-state index contributed by atoms with van der Waals surface area (Å²) in [6.45, 7) is 12.4. The molecule has 40 heavy (non-hydrogen) atoms. The van der Waals surface area contributed by atoms with Crippen LogP contribution in [0.15, 0.2) is 77.2 Å². The molecule has 2 aromatic rings. The van der Waals surface area contributed by atoms with E-state index in [2.05, 4.69) is 73.4 Å². The van der Waals surface area contributed by atoms with E-state index in [0.717, 1.165) is 54.4 Å². The third-order valence-electron chi connectivity index (χ3n) is 6.00. The summed E-state index contributed by atoms with van der Waals surface area (Å²) in [4.78, 5) is 25.3. The van der Waals surface area contributed by atoms with Crippen molar-refractivity contribution in [2.75, 3.05) is 13.2 Å². The van der Waals surface area contributed by atoms with E-state index in [1.165, 1.54) is 5.57 Å². The number of aryl methyl sites for hydroxylation is 1. The molecule has 0 fully saturated rings. The number of nitrogens with one attached hydrogen (secondary N) is 1. The number of ether oxygens (including phenoxy) is 1. The third kappa shape index (κ3) is 11.0. The lowest BCUT2D eigenvalue weighted by Crippen LogP contribution is -2.21. The first-order valence-corrected chi connectivity index (χ1v) is 14.1. The number of carbonyl (C=O) groups is 1. The van der Waals surface area contributed by atoms with Crippen molar-refractivity contribution in [2.45, 2.75) is 73.6 Å². The molecule has 1 heterocycles. The molecule has 0 radical (unpaired) electrons. The van der Waals surface area contributed by atoms with Gasteiger partial charge in [-0.1, -0.05) is 69.6 Å². The summed E-state index contributed by atoms with van der Waals surface area (Å²) in [6, 6.07) is 3.76. The number of carboxylic acid groups (broad SMARTS) is 1. The molecule has 214 valence electrons. The fourth-order valence-corrected chi connectivity index (χ4v) is 3.79. The maximum atomic E-state index is 11.3. The molecule has 0 spiro atoms. The van der Waals surface area contributed by atoms with Crippen molar-refractivity contribution in [3.63, 3.8) is 0 Å². The zero-order chi connectivity index (χ0) is 29.3. The van der Waals surface area contributed by atoms with Gasteiger partial charge in [-0.05, 0) is 69.5 Å². The first-order valence-electron chi connectivity index (χ1n) is 14.1. The Morgan fingerprint density at radius 2 is 1.77 bits per heavy atom. The second kappa shape index (κ2) is 17.6. The summed E-state index contributed by atoms with van der Waals surface area (Å²) in [7, 11) is 0. The number of hydrogen-bond donors (Lipinski definition) is 2. The minimum absolute atomic E-state index is 0.451. The highest BCUT2D eigenvalue weighted by Crippen LogP contribution is 2.29. The molecular weight excluding hydrogens is 500 g/mol. The van der Waals surface area contributed by atoms with Gasteiger partial charge in [0.05, 0.1) is 6.54 Å². The number of aliphatic imine (C=N–C) groups is 1. The van der Waals surface area contributed by atoms with Gasteiger partial charge in [0.15, 0.2) is 12.4 Å². The molecule has 0 saturated carbocycles. The Bertz CT molecular complexity index is 1260. The van der Waals surface area contributed by atoms with Gasteiger partial charge in [0.25, 0.3) is 0 Å².